The first-order valence-corrected chi connectivity index (χ1v) is 8.16. The fourth-order valence-corrected chi connectivity index (χ4v) is 4.42. The Morgan fingerprint density at radius 1 is 1.40 bits per heavy atom. The lowest BCUT2D eigenvalue weighted by atomic mass is 9.45. The average molecular weight is 275 g/mol. The van der Waals surface area contributed by atoms with Crippen molar-refractivity contribution >= 4 is 0 Å². The fourth-order valence-electron chi connectivity index (χ4n) is 4.42. The molecule has 0 spiro atoms. The molecule has 0 amide bonds. The predicted molar refractivity (Wildman–Crippen MR) is 82.5 cm³/mol. The van der Waals surface area contributed by atoms with Crippen LogP contribution in [-0.2, 0) is 6.54 Å². The molecule has 2 N–H and O–H groups in total. The first-order chi connectivity index (χ1) is 9.39. The number of fused-ring (bicyclic) bond motifs is 2. The maximum atomic E-state index is 4.45. The number of hydrogen-bond donors (Lipinski definition) is 2. The molecule has 3 aliphatic carbocycles. The molecule has 0 radical (unpaired) electrons. The van der Waals surface area contributed by atoms with Crippen LogP contribution in [0.5, 0.6) is 0 Å². The molecule has 0 aromatic carbocycles. The van der Waals surface area contributed by atoms with Crippen molar-refractivity contribution in [3.63, 3.8) is 0 Å². The third kappa shape index (κ3) is 2.20. The van der Waals surface area contributed by atoms with Gasteiger partial charge < -0.3 is 10.3 Å². The summed E-state index contributed by atoms with van der Waals surface area (Å²) in [5.41, 5.74) is 1.80. The maximum Gasteiger partial charge on any atom is 0.108 e. The molecule has 20 heavy (non-hydrogen) atoms. The lowest BCUT2D eigenvalue weighted by Crippen LogP contribution is -2.59. The summed E-state index contributed by atoms with van der Waals surface area (Å²) in [7, 11) is 0. The van der Waals surface area contributed by atoms with E-state index in [-0.39, 0.29) is 0 Å². The van der Waals surface area contributed by atoms with Crippen molar-refractivity contribution < 1.29 is 0 Å². The second-order valence-corrected chi connectivity index (χ2v) is 7.89. The summed E-state index contributed by atoms with van der Waals surface area (Å²) >= 11 is 0. The molecule has 0 aliphatic heterocycles. The van der Waals surface area contributed by atoms with Crippen LogP contribution in [0.15, 0.2) is 6.20 Å². The average Bonchev–Trinajstić information content (AvgIpc) is 2.85. The minimum atomic E-state index is 0.478. The van der Waals surface area contributed by atoms with Crippen LogP contribution in [0.3, 0.4) is 0 Å². The first kappa shape index (κ1) is 14.1. The molecule has 4 atom stereocenters. The van der Waals surface area contributed by atoms with Crippen LogP contribution < -0.4 is 5.32 Å². The molecule has 4 rings (SSSR count). The van der Waals surface area contributed by atoms with Crippen LogP contribution in [0.25, 0.3) is 0 Å². The summed E-state index contributed by atoms with van der Waals surface area (Å²) in [5.74, 6) is 4.21. The van der Waals surface area contributed by atoms with Crippen molar-refractivity contribution in [2.75, 3.05) is 0 Å². The van der Waals surface area contributed by atoms with Gasteiger partial charge in [0.2, 0.25) is 0 Å². The van der Waals surface area contributed by atoms with Crippen molar-refractivity contribution in [1.29, 1.82) is 0 Å². The monoisotopic (exact) mass is 275 g/mol. The Labute approximate surface area is 123 Å². The number of imidazole rings is 1. The zero-order valence-electron chi connectivity index (χ0n) is 13.5. The van der Waals surface area contributed by atoms with Crippen molar-refractivity contribution in [2.24, 2.45) is 23.2 Å². The maximum absolute atomic E-state index is 4.45. The quantitative estimate of drug-likeness (QED) is 0.880. The van der Waals surface area contributed by atoms with Crippen LogP contribution in [0, 0.1) is 23.2 Å². The molecule has 3 aliphatic rings. The van der Waals surface area contributed by atoms with E-state index >= 15 is 0 Å². The molecule has 1 aromatic heterocycles. The van der Waals surface area contributed by atoms with Gasteiger partial charge in [-0.2, -0.15) is 0 Å². The lowest BCUT2D eigenvalue weighted by molar-refractivity contribution is -0.115. The van der Waals surface area contributed by atoms with Gasteiger partial charge in [-0.3, -0.25) is 0 Å². The minimum absolute atomic E-state index is 0.478. The van der Waals surface area contributed by atoms with Crippen LogP contribution in [0.2, 0.25) is 0 Å². The van der Waals surface area contributed by atoms with Gasteiger partial charge in [0, 0.05) is 30.4 Å². The van der Waals surface area contributed by atoms with E-state index < -0.39 is 0 Å². The molecule has 2 bridgehead atoms. The SMILES string of the molecule is CC(C)c1ncc(CN[C@@H]2C[C@@H]3C[C@H]([C@H]2C)C3(C)C)[nH]1. The number of nitrogens with zero attached hydrogens (tertiary/aromatic N) is 1. The molecule has 3 nitrogen and oxygen atoms in total. The van der Waals surface area contributed by atoms with Gasteiger partial charge in [-0.25, -0.2) is 4.98 Å². The standard InChI is InChI=1S/C17H29N3/c1-10(2)16-19-9-13(20-16)8-18-15-7-12-6-14(11(15)3)17(12,4)5/h9-12,14-15,18H,6-8H2,1-5H3,(H,19,20)/t11-,12+,14-,15-/m1/s1. The van der Waals surface area contributed by atoms with Gasteiger partial charge >= 0.3 is 0 Å². The van der Waals surface area contributed by atoms with E-state index in [1.165, 1.54) is 18.5 Å². The summed E-state index contributed by atoms with van der Waals surface area (Å²) in [6.07, 6.45) is 4.78. The Balaban J connectivity index is 1.57. The molecular weight excluding hydrogens is 246 g/mol. The largest absolute Gasteiger partial charge is 0.345 e. The van der Waals surface area contributed by atoms with Crippen LogP contribution in [-0.4, -0.2) is 16.0 Å². The lowest BCUT2D eigenvalue weighted by Gasteiger charge is -2.62. The van der Waals surface area contributed by atoms with E-state index in [4.69, 9.17) is 0 Å². The van der Waals surface area contributed by atoms with Gasteiger partial charge in [-0.05, 0) is 36.0 Å². The van der Waals surface area contributed by atoms with E-state index in [1.807, 2.05) is 6.20 Å². The van der Waals surface area contributed by atoms with Gasteiger partial charge in [-0.15, -0.1) is 0 Å². The Kier molecular flexibility index (Phi) is 3.44. The Morgan fingerprint density at radius 3 is 2.70 bits per heavy atom. The van der Waals surface area contributed by atoms with Gasteiger partial charge in [0.25, 0.3) is 0 Å². The number of nitrogens with one attached hydrogen (secondary N) is 2. The molecule has 0 saturated heterocycles. The number of H-pyrrole nitrogens is 1. The zero-order valence-corrected chi connectivity index (χ0v) is 13.5. The van der Waals surface area contributed by atoms with E-state index in [0.29, 0.717) is 17.4 Å². The summed E-state index contributed by atoms with van der Waals surface area (Å²) in [5, 5.41) is 3.77. The third-order valence-electron chi connectivity index (χ3n) is 6.10. The predicted octanol–water partition coefficient (Wildman–Crippen LogP) is 3.69. The summed E-state index contributed by atoms with van der Waals surface area (Å²) < 4.78 is 0. The Bertz CT molecular complexity index is 474. The number of aromatic amines is 1. The molecule has 112 valence electrons. The van der Waals surface area contributed by atoms with Crippen LogP contribution in [0.4, 0.5) is 0 Å². The second-order valence-electron chi connectivity index (χ2n) is 7.89. The number of hydrogen-bond acceptors (Lipinski definition) is 2. The topological polar surface area (TPSA) is 40.7 Å². The molecular formula is C17H29N3. The fraction of sp³-hybridized carbons (Fsp3) is 0.824. The number of aromatic nitrogens is 2. The van der Waals surface area contributed by atoms with Crippen LogP contribution in [0.1, 0.15) is 64.9 Å². The molecule has 0 unspecified atom stereocenters. The Hall–Kier alpha value is -0.830. The number of rotatable bonds is 4. The van der Waals surface area contributed by atoms with Gasteiger partial charge in [0.05, 0.1) is 0 Å². The van der Waals surface area contributed by atoms with Gasteiger partial charge in [-0.1, -0.05) is 34.6 Å². The summed E-state index contributed by atoms with van der Waals surface area (Å²) in [6.45, 7) is 12.6. The third-order valence-corrected chi connectivity index (χ3v) is 6.10. The molecule has 1 aromatic rings. The first-order valence-electron chi connectivity index (χ1n) is 8.16. The van der Waals surface area contributed by atoms with Crippen molar-refractivity contribution in [1.82, 2.24) is 15.3 Å². The van der Waals surface area contributed by atoms with E-state index in [2.05, 4.69) is 49.9 Å². The van der Waals surface area contributed by atoms with E-state index in [1.54, 1.807) is 0 Å². The normalized spacial score (nSPS) is 35.1. The van der Waals surface area contributed by atoms with Crippen molar-refractivity contribution in [2.45, 2.75) is 66.0 Å². The van der Waals surface area contributed by atoms with E-state index in [9.17, 15) is 0 Å². The highest BCUT2D eigenvalue weighted by Crippen LogP contribution is 2.61. The van der Waals surface area contributed by atoms with Crippen molar-refractivity contribution in [3.05, 3.63) is 17.7 Å². The van der Waals surface area contributed by atoms with Gasteiger partial charge in [0.1, 0.15) is 5.82 Å². The molecule has 3 saturated carbocycles. The highest BCUT2D eigenvalue weighted by atomic mass is 15.0. The zero-order chi connectivity index (χ0) is 14.5. The molecule has 3 heteroatoms. The highest BCUT2D eigenvalue weighted by molar-refractivity contribution is 5.08. The smallest absolute Gasteiger partial charge is 0.108 e. The highest BCUT2D eigenvalue weighted by Gasteiger charge is 2.55. The minimum Gasteiger partial charge on any atom is -0.345 e. The summed E-state index contributed by atoms with van der Waals surface area (Å²) in [4.78, 5) is 7.88. The summed E-state index contributed by atoms with van der Waals surface area (Å²) in [6, 6.07) is 0.678. The van der Waals surface area contributed by atoms with E-state index in [0.717, 1.165) is 30.1 Å². The van der Waals surface area contributed by atoms with Crippen molar-refractivity contribution in [3.8, 4) is 0 Å². The second kappa shape index (κ2) is 4.87. The van der Waals surface area contributed by atoms with Crippen LogP contribution >= 0.6 is 0 Å². The molecule has 1 heterocycles. The Morgan fingerprint density at radius 2 is 2.15 bits per heavy atom. The molecule has 3 fully saturated rings. The van der Waals surface area contributed by atoms with Gasteiger partial charge in [0.15, 0.2) is 0 Å².